The van der Waals surface area contributed by atoms with Gasteiger partial charge in [-0.3, -0.25) is 9.48 Å². The normalized spacial score (nSPS) is 14.5. The number of nitrogens with one attached hydrogen (secondary N) is 2. The average molecular weight is 419 g/mol. The van der Waals surface area contributed by atoms with Gasteiger partial charge in [-0.25, -0.2) is 4.98 Å². The van der Waals surface area contributed by atoms with E-state index in [-0.39, 0.29) is 5.91 Å². The van der Waals surface area contributed by atoms with Crippen LogP contribution in [0.2, 0.25) is 0 Å². The van der Waals surface area contributed by atoms with Gasteiger partial charge in [0.1, 0.15) is 5.82 Å². The maximum atomic E-state index is 13.1. The number of rotatable bonds is 7. The molecule has 4 rings (SSSR count). The number of carbonyl (C=O) groups excluding carboxylic acids is 1. The topological polar surface area (TPSA) is 75.1 Å². The van der Waals surface area contributed by atoms with Gasteiger partial charge < -0.3 is 15.5 Å². The molecule has 1 aliphatic heterocycles. The van der Waals surface area contributed by atoms with Crippen molar-refractivity contribution in [2.24, 2.45) is 5.92 Å². The molecule has 0 bridgehead atoms. The van der Waals surface area contributed by atoms with E-state index in [1.165, 1.54) is 0 Å². The number of hydrogen-bond donors (Lipinski definition) is 2. The maximum Gasteiger partial charge on any atom is 0.257 e. The Kier molecular flexibility index (Phi) is 6.50. The molecular weight excluding hydrogens is 388 g/mol. The number of anilines is 3. The molecule has 0 radical (unpaired) electrons. The van der Waals surface area contributed by atoms with E-state index in [4.69, 9.17) is 0 Å². The molecule has 2 N–H and O–H groups in total. The van der Waals surface area contributed by atoms with Crippen LogP contribution in [-0.2, 0) is 6.54 Å². The predicted octanol–water partition coefficient (Wildman–Crippen LogP) is 4.19. The van der Waals surface area contributed by atoms with Gasteiger partial charge in [0.2, 0.25) is 0 Å². The highest BCUT2D eigenvalue weighted by molar-refractivity contribution is 6.08. The summed E-state index contributed by atoms with van der Waals surface area (Å²) in [5.74, 6) is 1.41. The summed E-state index contributed by atoms with van der Waals surface area (Å²) >= 11 is 0. The molecule has 2 aromatic heterocycles. The van der Waals surface area contributed by atoms with Crippen LogP contribution in [0.25, 0.3) is 0 Å². The van der Waals surface area contributed by atoms with Gasteiger partial charge in [-0.05, 0) is 61.6 Å². The monoisotopic (exact) mass is 418 g/mol. The average Bonchev–Trinajstić information content (AvgIpc) is 3.29. The molecule has 0 aliphatic carbocycles. The number of nitrogens with zero attached hydrogens (tertiary/aromatic N) is 4. The Morgan fingerprint density at radius 3 is 2.74 bits per heavy atom. The lowest BCUT2D eigenvalue weighted by Crippen LogP contribution is -2.34. The Hall–Kier alpha value is -3.35. The lowest BCUT2D eigenvalue weighted by atomic mass is 9.97. The lowest BCUT2D eigenvalue weighted by Gasteiger charge is -2.33. The number of pyridine rings is 1. The molecule has 1 aliphatic rings. The Morgan fingerprint density at radius 2 is 2.03 bits per heavy atom. The van der Waals surface area contributed by atoms with Crippen molar-refractivity contribution < 1.29 is 4.79 Å². The molecule has 1 saturated heterocycles. The number of benzene rings is 1. The van der Waals surface area contributed by atoms with E-state index in [0.29, 0.717) is 11.3 Å². The molecule has 7 nitrogen and oxygen atoms in total. The maximum absolute atomic E-state index is 13.1. The third kappa shape index (κ3) is 5.42. The van der Waals surface area contributed by atoms with Crippen LogP contribution in [0, 0.1) is 12.8 Å². The number of aryl methyl sites for hydroxylation is 1. The Balaban J connectivity index is 1.39. The zero-order valence-electron chi connectivity index (χ0n) is 18.2. The van der Waals surface area contributed by atoms with Crippen LogP contribution in [0.4, 0.5) is 17.2 Å². The summed E-state index contributed by atoms with van der Waals surface area (Å²) in [4.78, 5) is 19.8. The van der Waals surface area contributed by atoms with Crippen LogP contribution in [0.1, 0.15) is 35.7 Å². The van der Waals surface area contributed by atoms with E-state index in [2.05, 4.69) is 45.5 Å². The molecule has 0 unspecified atom stereocenters. The summed E-state index contributed by atoms with van der Waals surface area (Å²) < 4.78 is 1.86. The number of piperidine rings is 1. The van der Waals surface area contributed by atoms with Gasteiger partial charge in [0.15, 0.2) is 0 Å². The fourth-order valence-corrected chi connectivity index (χ4v) is 3.85. The first-order chi connectivity index (χ1) is 15.1. The fraction of sp³-hybridized carbons (Fsp3) is 0.375. The molecule has 7 heteroatoms. The number of amides is 1. The van der Waals surface area contributed by atoms with Gasteiger partial charge in [-0.2, -0.15) is 5.10 Å². The number of aromatic nitrogens is 3. The predicted molar refractivity (Wildman–Crippen MR) is 125 cm³/mol. The minimum absolute atomic E-state index is 0.102. The molecule has 1 fully saturated rings. The van der Waals surface area contributed by atoms with Gasteiger partial charge in [0.25, 0.3) is 5.91 Å². The Labute approximate surface area is 183 Å². The SMILES string of the molecule is Cc1ccc(C(=O)Nc2ccc(NCCn3cccn3)nc2)c(N2CCC(C)CC2)c1. The van der Waals surface area contributed by atoms with Crippen LogP contribution in [-0.4, -0.2) is 40.3 Å². The van der Waals surface area contributed by atoms with Crippen molar-refractivity contribution in [2.75, 3.05) is 35.2 Å². The number of carbonyl (C=O) groups is 1. The van der Waals surface area contributed by atoms with E-state index in [0.717, 1.165) is 62.0 Å². The molecule has 3 aromatic rings. The number of hydrogen-bond acceptors (Lipinski definition) is 5. The highest BCUT2D eigenvalue weighted by Gasteiger charge is 2.21. The van der Waals surface area contributed by atoms with Crippen LogP contribution >= 0.6 is 0 Å². The lowest BCUT2D eigenvalue weighted by molar-refractivity contribution is 0.102. The van der Waals surface area contributed by atoms with Crippen molar-refractivity contribution in [1.82, 2.24) is 14.8 Å². The standard InChI is InChI=1S/C24H30N6O/c1-18-8-13-29(14-9-18)22-16-19(2)4-6-21(22)24(31)28-20-5-7-23(26-17-20)25-11-15-30-12-3-10-27-30/h3-7,10,12,16-18H,8-9,11,13-15H2,1-2H3,(H,25,26)(H,28,31). The zero-order valence-corrected chi connectivity index (χ0v) is 18.2. The molecule has 31 heavy (non-hydrogen) atoms. The first-order valence-electron chi connectivity index (χ1n) is 10.9. The molecule has 0 atom stereocenters. The first-order valence-corrected chi connectivity index (χ1v) is 10.9. The van der Waals surface area contributed by atoms with Crippen molar-refractivity contribution in [3.05, 3.63) is 66.1 Å². The highest BCUT2D eigenvalue weighted by atomic mass is 16.1. The second-order valence-corrected chi connectivity index (χ2v) is 8.27. The molecular formula is C24H30N6O. The summed E-state index contributed by atoms with van der Waals surface area (Å²) in [6, 6.07) is 11.7. The van der Waals surface area contributed by atoms with Crippen molar-refractivity contribution in [3.8, 4) is 0 Å². The quantitative estimate of drug-likeness (QED) is 0.602. The Bertz CT molecular complexity index is 991. The van der Waals surface area contributed by atoms with Crippen LogP contribution in [0.15, 0.2) is 55.0 Å². The van der Waals surface area contributed by atoms with Crippen molar-refractivity contribution >= 4 is 23.1 Å². The molecule has 0 spiro atoms. The van der Waals surface area contributed by atoms with Gasteiger partial charge >= 0.3 is 0 Å². The van der Waals surface area contributed by atoms with Gasteiger partial charge in [-0.15, -0.1) is 0 Å². The third-order valence-electron chi connectivity index (χ3n) is 5.75. The summed E-state index contributed by atoms with van der Waals surface area (Å²) in [7, 11) is 0. The smallest absolute Gasteiger partial charge is 0.257 e. The van der Waals surface area contributed by atoms with E-state index in [1.54, 1.807) is 12.4 Å². The Morgan fingerprint density at radius 1 is 1.19 bits per heavy atom. The first kappa shape index (κ1) is 20.9. The van der Waals surface area contributed by atoms with Crippen molar-refractivity contribution in [1.29, 1.82) is 0 Å². The van der Waals surface area contributed by atoms with Crippen LogP contribution < -0.4 is 15.5 Å². The van der Waals surface area contributed by atoms with E-state index in [1.807, 2.05) is 41.2 Å². The van der Waals surface area contributed by atoms with E-state index in [9.17, 15) is 4.79 Å². The molecule has 1 aromatic carbocycles. The van der Waals surface area contributed by atoms with Crippen LogP contribution in [0.5, 0.6) is 0 Å². The van der Waals surface area contributed by atoms with Crippen molar-refractivity contribution in [2.45, 2.75) is 33.2 Å². The largest absolute Gasteiger partial charge is 0.371 e. The molecule has 0 saturated carbocycles. The molecule has 1 amide bonds. The van der Waals surface area contributed by atoms with Gasteiger partial charge in [-0.1, -0.05) is 13.0 Å². The van der Waals surface area contributed by atoms with Gasteiger partial charge in [0.05, 0.1) is 24.0 Å². The van der Waals surface area contributed by atoms with Gasteiger partial charge in [0, 0.05) is 37.7 Å². The fourth-order valence-electron chi connectivity index (χ4n) is 3.85. The minimum Gasteiger partial charge on any atom is -0.371 e. The van der Waals surface area contributed by atoms with E-state index < -0.39 is 0 Å². The van der Waals surface area contributed by atoms with Crippen LogP contribution in [0.3, 0.4) is 0 Å². The zero-order chi connectivity index (χ0) is 21.6. The van der Waals surface area contributed by atoms with Crippen molar-refractivity contribution in [3.63, 3.8) is 0 Å². The summed E-state index contributed by atoms with van der Waals surface area (Å²) in [5, 5.41) is 10.4. The molecule has 162 valence electrons. The summed E-state index contributed by atoms with van der Waals surface area (Å²) in [5.41, 5.74) is 3.58. The second kappa shape index (κ2) is 9.64. The highest BCUT2D eigenvalue weighted by Crippen LogP contribution is 2.28. The third-order valence-corrected chi connectivity index (χ3v) is 5.75. The van der Waals surface area contributed by atoms with E-state index >= 15 is 0 Å². The molecule has 3 heterocycles. The second-order valence-electron chi connectivity index (χ2n) is 8.27. The summed E-state index contributed by atoms with van der Waals surface area (Å²) in [6.45, 7) is 7.83. The summed E-state index contributed by atoms with van der Waals surface area (Å²) in [6.07, 6.45) is 7.70. The minimum atomic E-state index is -0.102.